The van der Waals surface area contributed by atoms with Crippen molar-refractivity contribution in [3.05, 3.63) is 83.0 Å². The fourth-order valence-corrected chi connectivity index (χ4v) is 8.58. The lowest BCUT2D eigenvalue weighted by Gasteiger charge is -2.25. The molecule has 0 radical (unpaired) electrons. The Morgan fingerprint density at radius 3 is 2.88 bits per heavy atom. The van der Waals surface area contributed by atoms with Gasteiger partial charge >= 0.3 is 0 Å². The predicted molar refractivity (Wildman–Crippen MR) is 169 cm³/mol. The number of amides is 1. The van der Waals surface area contributed by atoms with Gasteiger partial charge in [-0.15, -0.1) is 0 Å². The molecule has 1 fully saturated rings. The summed E-state index contributed by atoms with van der Waals surface area (Å²) in [4.78, 5) is 13.5. The van der Waals surface area contributed by atoms with Crippen LogP contribution in [0.2, 0.25) is 19.1 Å². The van der Waals surface area contributed by atoms with E-state index in [0.29, 0.717) is 24.5 Å². The molecule has 0 saturated carbocycles. The molecule has 1 saturated heterocycles. The molecule has 1 amide bonds. The molecule has 12 heteroatoms. The Balaban J connectivity index is 1.19. The van der Waals surface area contributed by atoms with E-state index in [4.69, 9.17) is 14.6 Å². The van der Waals surface area contributed by atoms with Crippen molar-refractivity contribution >= 4 is 46.7 Å². The number of hydrogen-bond acceptors (Lipinski definition) is 5. The number of ether oxygens (including phenoxy) is 2. The SMILES string of the molecule is C[Si]1(C)CCOCn2nc(C(=O)Nc3cnn(Cc4cccc(Br)c4)c3)c3ccc(cc32)-c2cn1[n+](C1CCCCO1)c2. The Labute approximate surface area is 259 Å². The molecule has 2 aliphatic heterocycles. The van der Waals surface area contributed by atoms with E-state index in [1.54, 1.807) is 15.6 Å². The number of aromatic nitrogens is 6. The van der Waals surface area contributed by atoms with Crippen molar-refractivity contribution < 1.29 is 19.0 Å². The Morgan fingerprint density at radius 2 is 2.05 bits per heavy atom. The Hall–Kier alpha value is -3.58. The van der Waals surface area contributed by atoms with Crippen LogP contribution in [0.25, 0.3) is 22.0 Å². The van der Waals surface area contributed by atoms with Crippen LogP contribution < -0.4 is 10.00 Å². The van der Waals surface area contributed by atoms with E-state index in [0.717, 1.165) is 57.6 Å². The maximum Gasteiger partial charge on any atom is 0.284 e. The summed E-state index contributed by atoms with van der Waals surface area (Å²) in [6.07, 6.45) is 11.3. The van der Waals surface area contributed by atoms with Gasteiger partial charge in [-0.1, -0.05) is 38.8 Å². The van der Waals surface area contributed by atoms with Gasteiger partial charge in [-0.2, -0.15) is 14.5 Å². The number of carbonyl (C=O) groups is 1. The van der Waals surface area contributed by atoms with Gasteiger partial charge in [0, 0.05) is 29.1 Å². The maximum atomic E-state index is 13.5. The summed E-state index contributed by atoms with van der Waals surface area (Å²) in [6.45, 7) is 7.03. The summed E-state index contributed by atoms with van der Waals surface area (Å²) in [5.41, 5.74) is 5.15. The van der Waals surface area contributed by atoms with Crippen molar-refractivity contribution in [2.24, 2.45) is 0 Å². The number of fused-ring (bicyclic) bond motifs is 4. The fourth-order valence-electron chi connectivity index (χ4n) is 5.96. The molecule has 2 aliphatic rings. The largest absolute Gasteiger partial charge is 0.359 e. The monoisotopic (exact) mass is 660 g/mol. The second kappa shape index (κ2) is 11.5. The van der Waals surface area contributed by atoms with Crippen LogP contribution in [0.5, 0.6) is 0 Å². The lowest BCUT2D eigenvalue weighted by atomic mass is 10.1. The molecule has 2 aromatic carbocycles. The molecule has 10 nitrogen and oxygen atoms in total. The molecule has 3 aromatic heterocycles. The third kappa shape index (κ3) is 5.72. The van der Waals surface area contributed by atoms with Crippen LogP contribution in [-0.4, -0.2) is 51.3 Å². The van der Waals surface area contributed by atoms with E-state index in [2.05, 4.69) is 79.1 Å². The van der Waals surface area contributed by atoms with Gasteiger partial charge in [-0.25, -0.2) is 4.68 Å². The smallest absolute Gasteiger partial charge is 0.284 e. The third-order valence-electron chi connectivity index (χ3n) is 8.35. The topological polar surface area (TPSA) is 92.0 Å². The van der Waals surface area contributed by atoms with E-state index in [1.807, 2.05) is 30.5 Å². The first-order chi connectivity index (χ1) is 20.8. The number of anilines is 1. The van der Waals surface area contributed by atoms with Crippen molar-refractivity contribution in [3.63, 3.8) is 0 Å². The second-order valence-electron chi connectivity index (χ2n) is 11.9. The first kappa shape index (κ1) is 28.2. The average Bonchev–Trinajstić information content (AvgIpc) is 3.73. The van der Waals surface area contributed by atoms with Crippen molar-refractivity contribution in [2.45, 2.75) is 57.9 Å². The minimum Gasteiger partial charge on any atom is -0.359 e. The van der Waals surface area contributed by atoms with Crippen molar-refractivity contribution in [1.82, 2.24) is 23.9 Å². The zero-order valence-electron chi connectivity index (χ0n) is 24.4. The molecule has 1 N–H and O–H groups in total. The number of carbonyl (C=O) groups excluding carboxylic acids is 1. The summed E-state index contributed by atoms with van der Waals surface area (Å²) >= 11 is 3.51. The van der Waals surface area contributed by atoms with Crippen LogP contribution in [-0.2, 0) is 22.7 Å². The van der Waals surface area contributed by atoms with Gasteiger partial charge in [-0.05, 0) is 67.4 Å². The molecule has 222 valence electrons. The van der Waals surface area contributed by atoms with Gasteiger partial charge in [0.05, 0.1) is 42.3 Å². The van der Waals surface area contributed by atoms with E-state index in [-0.39, 0.29) is 18.9 Å². The molecular weight excluding hydrogens is 626 g/mol. The van der Waals surface area contributed by atoms with E-state index < -0.39 is 8.24 Å². The highest BCUT2D eigenvalue weighted by atomic mass is 79.9. The Morgan fingerprint density at radius 1 is 1.14 bits per heavy atom. The summed E-state index contributed by atoms with van der Waals surface area (Å²) in [7, 11) is -1.91. The fraction of sp³-hybridized carbons (Fsp3) is 0.355. The van der Waals surface area contributed by atoms with Gasteiger partial charge in [0.25, 0.3) is 12.1 Å². The highest BCUT2D eigenvalue weighted by Crippen LogP contribution is 2.30. The number of nitrogens with zero attached hydrogens (tertiary/aromatic N) is 6. The summed E-state index contributed by atoms with van der Waals surface area (Å²) in [5.74, 6) is -0.283. The van der Waals surface area contributed by atoms with Crippen molar-refractivity contribution in [2.75, 3.05) is 18.5 Å². The Kier molecular flexibility index (Phi) is 7.54. The minimum absolute atomic E-state index is 0.0452. The molecule has 5 aromatic rings. The van der Waals surface area contributed by atoms with Gasteiger partial charge in [0.1, 0.15) is 6.73 Å². The number of nitrogens with one attached hydrogen (secondary N) is 1. The second-order valence-corrected chi connectivity index (χ2v) is 17.4. The van der Waals surface area contributed by atoms with Gasteiger partial charge < -0.3 is 14.8 Å². The molecule has 7 rings (SSSR count). The molecule has 5 heterocycles. The number of halogens is 1. The number of benzene rings is 2. The molecular formula is C31H35BrN7O3Si+. The van der Waals surface area contributed by atoms with Crippen LogP contribution in [0, 0.1) is 0 Å². The van der Waals surface area contributed by atoms with Gasteiger partial charge in [0.15, 0.2) is 5.69 Å². The average molecular weight is 662 g/mol. The summed E-state index contributed by atoms with van der Waals surface area (Å²) in [6, 6.07) is 15.2. The van der Waals surface area contributed by atoms with Crippen LogP contribution in [0.4, 0.5) is 5.69 Å². The van der Waals surface area contributed by atoms with Crippen LogP contribution in [0.15, 0.2) is 71.7 Å². The highest BCUT2D eigenvalue weighted by molar-refractivity contribution is 9.10. The molecule has 1 unspecified atom stereocenters. The lowest BCUT2D eigenvalue weighted by molar-refractivity contribution is -0.821. The Bertz CT molecular complexity index is 1800. The van der Waals surface area contributed by atoms with Gasteiger partial charge in [-0.3, -0.25) is 9.48 Å². The quantitative estimate of drug-likeness (QED) is 0.190. The van der Waals surface area contributed by atoms with E-state index in [1.165, 1.54) is 6.42 Å². The highest BCUT2D eigenvalue weighted by Gasteiger charge is 2.37. The predicted octanol–water partition coefficient (Wildman–Crippen LogP) is 5.79. The lowest BCUT2D eigenvalue weighted by Crippen LogP contribution is -2.58. The standard InChI is InChI=1S/C31H34BrN7O3Si/c1-43(2)13-12-41-21-37-28-15-23(24-18-38(39(43)19-24)29-8-3-4-11-42-29)9-10-27(28)30(35-37)31(40)34-26-16-33-36(20-26)17-22-6-5-7-25(32)14-22/h5-7,9-10,14-16,18-20,29H,3-4,8,11-13,17,21H2,1-2H3/p+1. The maximum absolute atomic E-state index is 13.5. The summed E-state index contributed by atoms with van der Waals surface area (Å²) < 4.78 is 21.8. The summed E-state index contributed by atoms with van der Waals surface area (Å²) in [5, 5.41) is 12.9. The number of hydrogen-bond donors (Lipinski definition) is 1. The zero-order valence-corrected chi connectivity index (χ0v) is 27.0. The van der Waals surface area contributed by atoms with E-state index >= 15 is 0 Å². The van der Waals surface area contributed by atoms with Crippen molar-refractivity contribution in [3.8, 4) is 11.1 Å². The van der Waals surface area contributed by atoms with Crippen LogP contribution in [0.3, 0.4) is 0 Å². The zero-order chi connectivity index (χ0) is 29.6. The van der Waals surface area contributed by atoms with Crippen molar-refractivity contribution in [1.29, 1.82) is 0 Å². The van der Waals surface area contributed by atoms with Gasteiger partial charge in [0.2, 0.25) is 14.4 Å². The molecule has 43 heavy (non-hydrogen) atoms. The number of rotatable bonds is 5. The third-order valence-corrected chi connectivity index (χ3v) is 11.9. The normalized spacial score (nSPS) is 18.3. The van der Waals surface area contributed by atoms with Crippen LogP contribution >= 0.6 is 15.9 Å². The molecule has 0 aliphatic carbocycles. The molecule has 4 bridgehead atoms. The minimum atomic E-state index is -1.91. The first-order valence-electron chi connectivity index (χ1n) is 14.8. The first-order valence-corrected chi connectivity index (χ1v) is 18.7. The molecule has 1 atom stereocenters. The van der Waals surface area contributed by atoms with E-state index in [9.17, 15) is 4.79 Å². The van der Waals surface area contributed by atoms with Crippen LogP contribution in [0.1, 0.15) is 41.5 Å². The molecule has 0 spiro atoms.